The first-order chi connectivity index (χ1) is 18.1. The number of fused-ring (bicyclic) bond motifs is 1. The highest BCUT2D eigenvalue weighted by atomic mass is 19.4. The average molecular weight is 530 g/mol. The summed E-state index contributed by atoms with van der Waals surface area (Å²) < 4.78 is 72.6. The van der Waals surface area contributed by atoms with Gasteiger partial charge in [0.2, 0.25) is 0 Å². The van der Waals surface area contributed by atoms with Crippen molar-refractivity contribution in [2.24, 2.45) is 0 Å². The minimum Gasteiger partial charge on any atom is -0.456 e. The maximum absolute atomic E-state index is 13.7. The second-order valence-electron chi connectivity index (χ2n) is 9.14. The van der Waals surface area contributed by atoms with Crippen LogP contribution in [0.5, 0.6) is 11.5 Å². The molecular formula is C27H23F5N4O2. The molecule has 0 aliphatic heterocycles. The predicted molar refractivity (Wildman–Crippen MR) is 132 cm³/mol. The average Bonchev–Trinajstić information content (AvgIpc) is 3.35. The van der Waals surface area contributed by atoms with Gasteiger partial charge in [-0.2, -0.15) is 13.2 Å². The monoisotopic (exact) mass is 530 g/mol. The van der Waals surface area contributed by atoms with E-state index in [1.165, 1.54) is 24.3 Å². The van der Waals surface area contributed by atoms with Crippen LogP contribution in [-0.4, -0.2) is 40.2 Å². The van der Waals surface area contributed by atoms with E-state index in [1.807, 2.05) is 0 Å². The first-order valence-electron chi connectivity index (χ1n) is 11.9. The number of halogens is 5. The van der Waals surface area contributed by atoms with E-state index in [-0.39, 0.29) is 24.0 Å². The van der Waals surface area contributed by atoms with Crippen molar-refractivity contribution in [3.63, 3.8) is 0 Å². The number of rotatable bonds is 8. The molecule has 2 atom stereocenters. The smallest absolute Gasteiger partial charge is 0.390 e. The van der Waals surface area contributed by atoms with Crippen molar-refractivity contribution >= 4 is 17.2 Å². The quantitative estimate of drug-likeness (QED) is 0.257. The lowest BCUT2D eigenvalue weighted by Gasteiger charge is -2.14. The highest BCUT2D eigenvalue weighted by Gasteiger charge is 2.39. The third-order valence-electron chi connectivity index (χ3n) is 6.13. The van der Waals surface area contributed by atoms with E-state index >= 15 is 0 Å². The zero-order valence-corrected chi connectivity index (χ0v) is 20.2. The number of hydrogen-bond donors (Lipinski definition) is 2. The van der Waals surface area contributed by atoms with Crippen LogP contribution in [0.3, 0.4) is 0 Å². The topological polar surface area (TPSA) is 67.7 Å². The van der Waals surface area contributed by atoms with Gasteiger partial charge in [-0.15, -0.1) is 0 Å². The second kappa shape index (κ2) is 9.96. The molecule has 2 aromatic heterocycles. The highest BCUT2D eigenvalue weighted by Crippen LogP contribution is 2.33. The summed E-state index contributed by atoms with van der Waals surface area (Å²) in [5, 5.41) is 5.42. The number of alkyl halides is 4. The van der Waals surface area contributed by atoms with Gasteiger partial charge in [-0.05, 0) is 36.8 Å². The number of hydrogen-bond acceptors (Lipinski definition) is 4. The van der Waals surface area contributed by atoms with Crippen molar-refractivity contribution in [1.82, 2.24) is 14.7 Å². The van der Waals surface area contributed by atoms with Crippen LogP contribution in [0.1, 0.15) is 28.8 Å². The van der Waals surface area contributed by atoms with Gasteiger partial charge < -0.3 is 15.4 Å². The van der Waals surface area contributed by atoms with E-state index in [2.05, 4.69) is 15.6 Å². The maximum Gasteiger partial charge on any atom is 0.390 e. The Morgan fingerprint density at radius 3 is 2.63 bits per heavy atom. The molecule has 4 aromatic rings. The van der Waals surface area contributed by atoms with E-state index in [0.717, 1.165) is 0 Å². The van der Waals surface area contributed by atoms with Gasteiger partial charge in [0.05, 0.1) is 36.2 Å². The zero-order valence-electron chi connectivity index (χ0n) is 20.2. The van der Waals surface area contributed by atoms with Gasteiger partial charge in [-0.3, -0.25) is 9.20 Å². The molecule has 0 spiro atoms. The largest absolute Gasteiger partial charge is 0.456 e. The first-order valence-corrected chi connectivity index (χ1v) is 11.9. The molecule has 198 valence electrons. The van der Waals surface area contributed by atoms with Crippen molar-refractivity contribution in [3.05, 3.63) is 77.9 Å². The number of nitrogens with one attached hydrogen (secondary N) is 2. The van der Waals surface area contributed by atoms with Gasteiger partial charge in [-0.1, -0.05) is 12.1 Å². The molecule has 5 rings (SSSR count). The van der Waals surface area contributed by atoms with E-state index in [0.29, 0.717) is 40.1 Å². The third-order valence-corrected chi connectivity index (χ3v) is 6.13. The number of ether oxygens (including phenoxy) is 1. The summed E-state index contributed by atoms with van der Waals surface area (Å²) in [6, 6.07) is 11.6. The van der Waals surface area contributed by atoms with Crippen LogP contribution in [0.2, 0.25) is 0 Å². The predicted octanol–water partition coefficient (Wildman–Crippen LogP) is 6.45. The lowest BCUT2D eigenvalue weighted by molar-refractivity contribution is -0.131. The highest BCUT2D eigenvalue weighted by molar-refractivity contribution is 5.96. The molecule has 0 radical (unpaired) electrons. The number of carbonyl (C=O) groups is 1. The van der Waals surface area contributed by atoms with Crippen molar-refractivity contribution in [2.45, 2.75) is 38.2 Å². The fourth-order valence-electron chi connectivity index (χ4n) is 4.10. The Kier molecular flexibility index (Phi) is 6.68. The van der Waals surface area contributed by atoms with Gasteiger partial charge in [0.25, 0.3) is 5.91 Å². The van der Waals surface area contributed by atoms with E-state index < -0.39 is 30.6 Å². The number of aromatic nitrogens is 2. The summed E-state index contributed by atoms with van der Waals surface area (Å²) in [4.78, 5) is 16.9. The summed E-state index contributed by atoms with van der Waals surface area (Å²) >= 11 is 0. The summed E-state index contributed by atoms with van der Waals surface area (Å²) in [6.45, 7) is 1.37. The molecule has 2 heterocycles. The number of anilines is 1. The van der Waals surface area contributed by atoms with Crippen LogP contribution in [0.15, 0.2) is 60.9 Å². The molecule has 1 aliphatic rings. The maximum atomic E-state index is 13.7. The fraction of sp³-hybridized carbons (Fsp3) is 0.259. The molecule has 2 aromatic carbocycles. The number of aryl methyl sites for hydroxylation is 1. The molecule has 1 amide bonds. The van der Waals surface area contributed by atoms with Crippen LogP contribution in [-0.2, 0) is 0 Å². The molecule has 6 nitrogen and oxygen atoms in total. The summed E-state index contributed by atoms with van der Waals surface area (Å²) in [5.74, 6) is -0.405. The fourth-order valence-corrected chi connectivity index (χ4v) is 4.10. The van der Waals surface area contributed by atoms with Gasteiger partial charge in [0, 0.05) is 36.2 Å². The van der Waals surface area contributed by atoms with Crippen LogP contribution < -0.4 is 15.4 Å². The Morgan fingerprint density at radius 2 is 1.95 bits per heavy atom. The third kappa shape index (κ3) is 5.71. The van der Waals surface area contributed by atoms with Crippen LogP contribution in [0, 0.1) is 12.7 Å². The molecule has 38 heavy (non-hydrogen) atoms. The number of benzene rings is 2. The van der Waals surface area contributed by atoms with Gasteiger partial charge in [0.1, 0.15) is 23.5 Å². The van der Waals surface area contributed by atoms with Gasteiger partial charge in [-0.25, -0.2) is 13.8 Å². The van der Waals surface area contributed by atoms with Gasteiger partial charge in [0.15, 0.2) is 5.65 Å². The Bertz CT molecular complexity index is 1500. The second-order valence-corrected chi connectivity index (χ2v) is 9.14. The molecule has 0 bridgehead atoms. The molecule has 2 unspecified atom stereocenters. The van der Waals surface area contributed by atoms with Crippen molar-refractivity contribution in [3.8, 4) is 22.8 Å². The Morgan fingerprint density at radius 1 is 1.16 bits per heavy atom. The lowest BCUT2D eigenvalue weighted by atomic mass is 10.0. The number of imidazole rings is 1. The van der Waals surface area contributed by atoms with Crippen molar-refractivity contribution in [2.75, 3.05) is 11.9 Å². The minimum atomic E-state index is -4.34. The normalized spacial score (nSPS) is 16.9. The van der Waals surface area contributed by atoms with Crippen molar-refractivity contribution < 1.29 is 31.5 Å². The van der Waals surface area contributed by atoms with Crippen LogP contribution >= 0.6 is 0 Å². The molecule has 1 fully saturated rings. The standard InChI is InChI=1S/C27H23F5N4O2/c1-15-9-16(5-6-20(15)26(37)35-22-12-21(22)29)24-13-34-25-23(33-8-7-27(30,31)32)11-19(14-36(24)25)38-18-4-2-3-17(28)10-18/h2-6,9-11,13-14,21-22,33H,7-8,12H2,1H3,(H,35,37). The number of amides is 1. The molecule has 1 aliphatic carbocycles. The molecule has 1 saturated carbocycles. The lowest BCUT2D eigenvalue weighted by Crippen LogP contribution is -2.27. The molecule has 11 heteroatoms. The molecule has 2 N–H and O–H groups in total. The zero-order chi connectivity index (χ0) is 27.0. The Labute approximate surface area is 214 Å². The number of carbonyl (C=O) groups excluding carboxylic acids is 1. The number of pyridine rings is 1. The summed E-state index contributed by atoms with van der Waals surface area (Å²) in [5.41, 5.74) is 2.99. The Balaban J connectivity index is 1.49. The summed E-state index contributed by atoms with van der Waals surface area (Å²) in [6.07, 6.45) is -2.93. The van der Waals surface area contributed by atoms with E-state index in [9.17, 15) is 26.7 Å². The molecular weight excluding hydrogens is 507 g/mol. The van der Waals surface area contributed by atoms with E-state index in [4.69, 9.17) is 4.74 Å². The van der Waals surface area contributed by atoms with E-state index in [1.54, 1.807) is 48.0 Å². The van der Waals surface area contributed by atoms with Crippen LogP contribution in [0.4, 0.5) is 27.6 Å². The SMILES string of the molecule is Cc1cc(-c2cnc3c(NCCC(F)(F)F)cc(Oc4cccc(F)c4)cn23)ccc1C(=O)NC1CC1F. The Hall–Kier alpha value is -4.15. The summed E-state index contributed by atoms with van der Waals surface area (Å²) in [7, 11) is 0. The van der Waals surface area contributed by atoms with Gasteiger partial charge >= 0.3 is 6.18 Å². The first kappa shape index (κ1) is 25.5. The van der Waals surface area contributed by atoms with Crippen LogP contribution in [0.25, 0.3) is 16.9 Å². The number of nitrogens with zero attached hydrogens (tertiary/aromatic N) is 2. The minimum absolute atomic E-state index is 0.213. The van der Waals surface area contributed by atoms with Crippen molar-refractivity contribution in [1.29, 1.82) is 0 Å². The molecule has 0 saturated heterocycles.